The zero-order chi connectivity index (χ0) is 17.6. The second kappa shape index (κ2) is 7.57. The van der Waals surface area contributed by atoms with Crippen LogP contribution in [-0.4, -0.2) is 25.8 Å². The fraction of sp³-hybridized carbons (Fsp3) is 0.222. The highest BCUT2D eigenvalue weighted by atomic mass is 16.2. The van der Waals surface area contributed by atoms with Gasteiger partial charge in [0, 0.05) is 24.3 Å². The Kier molecular flexibility index (Phi) is 5.03. The molecular weight excluding hydrogens is 316 g/mol. The fourth-order valence-electron chi connectivity index (χ4n) is 2.58. The summed E-state index contributed by atoms with van der Waals surface area (Å²) in [6.07, 6.45) is 5.35. The maximum absolute atomic E-state index is 12.0. The van der Waals surface area contributed by atoms with Crippen molar-refractivity contribution in [3.63, 3.8) is 0 Å². The number of hydrogen-bond donors (Lipinski definition) is 2. The van der Waals surface area contributed by atoms with Crippen LogP contribution in [0.1, 0.15) is 30.0 Å². The molecule has 0 saturated carbocycles. The van der Waals surface area contributed by atoms with Gasteiger partial charge in [-0.15, -0.1) is 0 Å². The van der Waals surface area contributed by atoms with E-state index < -0.39 is 0 Å². The number of nitrogens with zero attached hydrogens (tertiary/aromatic N) is 4. The van der Waals surface area contributed by atoms with Crippen LogP contribution < -0.4 is 10.6 Å². The van der Waals surface area contributed by atoms with E-state index in [4.69, 9.17) is 0 Å². The highest BCUT2D eigenvalue weighted by Crippen LogP contribution is 2.21. The predicted octanol–water partition coefficient (Wildman–Crippen LogP) is 2.91. The minimum atomic E-state index is -0.281. The van der Waals surface area contributed by atoms with Crippen molar-refractivity contribution < 1.29 is 4.79 Å². The first-order chi connectivity index (χ1) is 12.1. The van der Waals surface area contributed by atoms with Gasteiger partial charge >= 0.3 is 6.03 Å². The smallest absolute Gasteiger partial charge is 0.319 e. The number of carbonyl (C=O) groups excluding carboxylic acids is 1. The number of imidazole rings is 1. The van der Waals surface area contributed by atoms with Gasteiger partial charge in [0.1, 0.15) is 5.82 Å². The molecule has 0 aliphatic carbocycles. The van der Waals surface area contributed by atoms with Crippen molar-refractivity contribution in [1.29, 1.82) is 0 Å². The van der Waals surface area contributed by atoms with Crippen molar-refractivity contribution in [2.75, 3.05) is 5.32 Å². The summed E-state index contributed by atoms with van der Waals surface area (Å²) in [6, 6.07) is 11.3. The minimum absolute atomic E-state index is 0.182. The number of nitrogens with one attached hydrogen (secondary N) is 2. The molecule has 0 saturated heterocycles. The first-order valence-electron chi connectivity index (χ1n) is 8.04. The maximum Gasteiger partial charge on any atom is 0.319 e. The van der Waals surface area contributed by atoms with Crippen LogP contribution in [0.5, 0.6) is 0 Å². The van der Waals surface area contributed by atoms with Crippen LogP contribution in [0.4, 0.5) is 10.5 Å². The van der Waals surface area contributed by atoms with E-state index in [2.05, 4.69) is 37.3 Å². The summed E-state index contributed by atoms with van der Waals surface area (Å²) in [6.45, 7) is 4.42. The third-order valence-corrected chi connectivity index (χ3v) is 3.99. The Balaban J connectivity index is 1.57. The largest absolute Gasteiger partial charge is 0.332 e. The lowest BCUT2D eigenvalue weighted by molar-refractivity contribution is 0.251. The Morgan fingerprint density at radius 2 is 2.00 bits per heavy atom. The van der Waals surface area contributed by atoms with Gasteiger partial charge in [-0.3, -0.25) is 0 Å². The number of urea groups is 1. The van der Waals surface area contributed by atoms with Gasteiger partial charge in [0.25, 0.3) is 0 Å². The minimum Gasteiger partial charge on any atom is -0.332 e. The lowest BCUT2D eigenvalue weighted by Crippen LogP contribution is -2.28. The number of anilines is 1. The molecule has 1 atom stereocenters. The van der Waals surface area contributed by atoms with Crippen LogP contribution >= 0.6 is 0 Å². The molecule has 0 radical (unpaired) electrons. The fourth-order valence-corrected chi connectivity index (χ4v) is 2.58. The highest BCUT2D eigenvalue weighted by Gasteiger charge is 2.10. The Bertz CT molecular complexity index is 828. The van der Waals surface area contributed by atoms with Gasteiger partial charge in [0.05, 0.1) is 18.3 Å². The number of hydrogen-bond acceptors (Lipinski definition) is 4. The molecule has 25 heavy (non-hydrogen) atoms. The van der Waals surface area contributed by atoms with Crippen LogP contribution in [0.2, 0.25) is 0 Å². The van der Waals surface area contributed by atoms with Gasteiger partial charge in [-0.2, -0.15) is 10.2 Å². The van der Waals surface area contributed by atoms with E-state index in [9.17, 15) is 4.79 Å². The van der Waals surface area contributed by atoms with Crippen LogP contribution in [0.3, 0.4) is 0 Å². The number of benzene rings is 1. The van der Waals surface area contributed by atoms with Gasteiger partial charge in [0.2, 0.25) is 0 Å². The Morgan fingerprint density at radius 3 is 2.64 bits per heavy atom. The standard InChI is InChI=1S/C18H20N6O/c1-13(24-11-10-19-14(24)2)15-5-7-16(8-6-15)22-18(25)20-12-17-4-3-9-21-23-17/h3-11,13H,12H2,1-2H3,(H2,20,22,25)/t13-/m0/s1. The Hall–Kier alpha value is -3.22. The summed E-state index contributed by atoms with van der Waals surface area (Å²) >= 11 is 0. The van der Waals surface area contributed by atoms with E-state index in [1.54, 1.807) is 18.5 Å². The number of aromatic nitrogens is 4. The van der Waals surface area contributed by atoms with Crippen molar-refractivity contribution in [3.05, 3.63) is 72.1 Å². The summed E-state index contributed by atoms with van der Waals surface area (Å²) in [4.78, 5) is 16.2. The summed E-state index contributed by atoms with van der Waals surface area (Å²) in [5.74, 6) is 0.970. The first kappa shape index (κ1) is 16.6. The molecule has 0 unspecified atom stereocenters. The molecule has 2 N–H and O–H groups in total. The molecule has 0 bridgehead atoms. The van der Waals surface area contributed by atoms with Crippen molar-refractivity contribution >= 4 is 11.7 Å². The van der Waals surface area contributed by atoms with Crippen LogP contribution in [0.15, 0.2) is 55.0 Å². The van der Waals surface area contributed by atoms with Gasteiger partial charge in [-0.25, -0.2) is 9.78 Å². The van der Waals surface area contributed by atoms with Gasteiger partial charge in [-0.1, -0.05) is 12.1 Å². The summed E-state index contributed by atoms with van der Waals surface area (Å²) < 4.78 is 2.11. The molecule has 2 amide bonds. The summed E-state index contributed by atoms with van der Waals surface area (Å²) in [5.41, 5.74) is 2.58. The van der Waals surface area contributed by atoms with E-state index in [0.29, 0.717) is 12.2 Å². The van der Waals surface area contributed by atoms with E-state index in [0.717, 1.165) is 17.1 Å². The number of rotatable bonds is 5. The first-order valence-corrected chi connectivity index (χ1v) is 8.04. The molecule has 0 aliphatic heterocycles. The highest BCUT2D eigenvalue weighted by molar-refractivity contribution is 5.89. The quantitative estimate of drug-likeness (QED) is 0.750. The monoisotopic (exact) mass is 336 g/mol. The summed E-state index contributed by atoms with van der Waals surface area (Å²) in [7, 11) is 0. The molecule has 0 spiro atoms. The van der Waals surface area contributed by atoms with Crippen molar-refractivity contribution in [2.45, 2.75) is 26.4 Å². The predicted molar refractivity (Wildman–Crippen MR) is 95.1 cm³/mol. The summed E-state index contributed by atoms with van der Waals surface area (Å²) in [5, 5.41) is 13.2. The third-order valence-electron chi connectivity index (χ3n) is 3.99. The number of aryl methyl sites for hydroxylation is 1. The zero-order valence-corrected chi connectivity index (χ0v) is 14.2. The molecule has 3 aromatic rings. The van der Waals surface area contributed by atoms with Crippen molar-refractivity contribution in [1.82, 2.24) is 25.1 Å². The molecule has 2 heterocycles. The second-order valence-electron chi connectivity index (χ2n) is 5.70. The maximum atomic E-state index is 12.0. The molecule has 3 rings (SSSR count). The van der Waals surface area contributed by atoms with Crippen LogP contribution in [0, 0.1) is 6.92 Å². The van der Waals surface area contributed by atoms with Gasteiger partial charge in [-0.05, 0) is 43.7 Å². The van der Waals surface area contributed by atoms with E-state index >= 15 is 0 Å². The van der Waals surface area contributed by atoms with E-state index in [1.165, 1.54) is 0 Å². The molecule has 7 heteroatoms. The second-order valence-corrected chi connectivity index (χ2v) is 5.70. The molecule has 0 aliphatic rings. The molecule has 128 valence electrons. The number of amides is 2. The molecular formula is C18H20N6O. The van der Waals surface area contributed by atoms with Crippen molar-refractivity contribution in [3.8, 4) is 0 Å². The number of carbonyl (C=O) groups is 1. The van der Waals surface area contributed by atoms with E-state index in [-0.39, 0.29) is 12.1 Å². The molecule has 1 aromatic carbocycles. The molecule has 7 nitrogen and oxygen atoms in total. The van der Waals surface area contributed by atoms with Crippen molar-refractivity contribution in [2.24, 2.45) is 0 Å². The average molecular weight is 336 g/mol. The lowest BCUT2D eigenvalue weighted by Gasteiger charge is -2.16. The normalized spacial score (nSPS) is 11.8. The van der Waals surface area contributed by atoms with E-state index in [1.807, 2.05) is 43.5 Å². The average Bonchev–Trinajstić information content (AvgIpc) is 3.07. The Labute approximate surface area is 146 Å². The van der Waals surface area contributed by atoms with Gasteiger partial charge < -0.3 is 15.2 Å². The molecule has 2 aromatic heterocycles. The third kappa shape index (κ3) is 4.20. The Morgan fingerprint density at radius 1 is 1.20 bits per heavy atom. The SMILES string of the molecule is Cc1nccn1[C@@H](C)c1ccc(NC(=O)NCc2cccnn2)cc1. The van der Waals surface area contributed by atoms with Crippen LogP contribution in [0.25, 0.3) is 0 Å². The lowest BCUT2D eigenvalue weighted by atomic mass is 10.1. The topological polar surface area (TPSA) is 84.7 Å². The molecule has 0 fully saturated rings. The van der Waals surface area contributed by atoms with Crippen LogP contribution in [-0.2, 0) is 6.54 Å². The van der Waals surface area contributed by atoms with Gasteiger partial charge in [0.15, 0.2) is 0 Å². The zero-order valence-electron chi connectivity index (χ0n) is 14.2.